The zero-order valence-electron chi connectivity index (χ0n) is 10.4. The molecule has 2 nitrogen and oxygen atoms in total. The van der Waals surface area contributed by atoms with Gasteiger partial charge in [0.05, 0.1) is 11.7 Å². The predicted molar refractivity (Wildman–Crippen MR) is 68.5 cm³/mol. The molecule has 0 amide bonds. The van der Waals surface area contributed by atoms with Crippen molar-refractivity contribution in [3.8, 4) is 5.75 Å². The summed E-state index contributed by atoms with van der Waals surface area (Å²) in [4.78, 5) is 10.9. The van der Waals surface area contributed by atoms with Gasteiger partial charge in [-0.2, -0.15) is 0 Å². The highest BCUT2D eigenvalue weighted by atomic mass is 16.5. The van der Waals surface area contributed by atoms with Crippen molar-refractivity contribution < 1.29 is 9.53 Å². The van der Waals surface area contributed by atoms with Crippen LogP contribution in [0.5, 0.6) is 5.75 Å². The summed E-state index contributed by atoms with van der Waals surface area (Å²) in [5.74, 6) is 1.61. The van der Waals surface area contributed by atoms with E-state index in [-0.39, 0.29) is 0 Å². The molecule has 1 aromatic carbocycles. The van der Waals surface area contributed by atoms with Crippen molar-refractivity contribution in [2.45, 2.75) is 45.1 Å². The number of aldehydes is 1. The van der Waals surface area contributed by atoms with Crippen LogP contribution in [0.3, 0.4) is 0 Å². The van der Waals surface area contributed by atoms with Gasteiger partial charge in [-0.15, -0.1) is 0 Å². The number of carbonyl (C=O) groups is 1. The number of ether oxygens (including phenoxy) is 1. The zero-order chi connectivity index (χ0) is 12.1. The lowest BCUT2D eigenvalue weighted by atomic mass is 9.86. The van der Waals surface area contributed by atoms with Crippen LogP contribution in [0.2, 0.25) is 0 Å². The molecule has 0 bridgehead atoms. The van der Waals surface area contributed by atoms with E-state index < -0.39 is 0 Å². The fraction of sp³-hybridized carbons (Fsp3) is 0.533. The highest BCUT2D eigenvalue weighted by Crippen LogP contribution is 2.30. The summed E-state index contributed by atoms with van der Waals surface area (Å²) in [6.45, 7) is 2.26. The predicted octanol–water partition coefficient (Wildman–Crippen LogP) is 3.85. The van der Waals surface area contributed by atoms with Gasteiger partial charge >= 0.3 is 0 Å². The second-order valence-electron chi connectivity index (χ2n) is 4.82. The third-order valence-corrected chi connectivity index (χ3v) is 3.71. The van der Waals surface area contributed by atoms with E-state index >= 15 is 0 Å². The number of benzene rings is 1. The summed E-state index contributed by atoms with van der Waals surface area (Å²) >= 11 is 0. The average Bonchev–Trinajstić information content (AvgIpc) is 2.40. The molecule has 0 spiro atoms. The Kier molecular flexibility index (Phi) is 4.18. The summed E-state index contributed by atoms with van der Waals surface area (Å²) in [6, 6.07) is 7.47. The van der Waals surface area contributed by atoms with Gasteiger partial charge in [-0.25, -0.2) is 0 Å². The van der Waals surface area contributed by atoms with Crippen LogP contribution < -0.4 is 4.74 Å². The van der Waals surface area contributed by atoms with Crippen LogP contribution >= 0.6 is 0 Å². The quantitative estimate of drug-likeness (QED) is 0.737. The smallest absolute Gasteiger partial charge is 0.153 e. The Morgan fingerprint density at radius 2 is 1.94 bits per heavy atom. The summed E-state index contributed by atoms with van der Waals surface area (Å²) in [5, 5.41) is 0. The molecule has 92 valence electrons. The molecule has 0 saturated heterocycles. The first-order chi connectivity index (χ1) is 8.33. The Bertz CT molecular complexity index is 365. The molecule has 0 radical (unpaired) electrons. The molecule has 17 heavy (non-hydrogen) atoms. The van der Waals surface area contributed by atoms with Crippen LogP contribution in [0.1, 0.15) is 49.4 Å². The molecular weight excluding hydrogens is 212 g/mol. The van der Waals surface area contributed by atoms with Crippen LogP contribution in [0.25, 0.3) is 0 Å². The lowest BCUT2D eigenvalue weighted by Gasteiger charge is -2.28. The molecule has 0 N–H and O–H groups in total. The van der Waals surface area contributed by atoms with Gasteiger partial charge in [-0.05, 0) is 43.7 Å². The first-order valence-corrected chi connectivity index (χ1v) is 6.54. The second-order valence-corrected chi connectivity index (χ2v) is 4.82. The van der Waals surface area contributed by atoms with E-state index in [2.05, 4.69) is 6.92 Å². The van der Waals surface area contributed by atoms with Gasteiger partial charge in [-0.3, -0.25) is 4.79 Å². The molecular formula is C15H20O2. The van der Waals surface area contributed by atoms with Crippen LogP contribution in [-0.4, -0.2) is 12.4 Å². The maximum Gasteiger partial charge on any atom is 0.153 e. The van der Waals surface area contributed by atoms with Crippen LogP contribution in [0, 0.1) is 5.92 Å². The molecule has 0 unspecified atom stereocenters. The minimum Gasteiger partial charge on any atom is -0.490 e. The SMILES string of the molecule is CCC1CCC(Oc2ccccc2C=O)CC1. The molecule has 1 saturated carbocycles. The van der Waals surface area contributed by atoms with Crippen molar-refractivity contribution in [2.75, 3.05) is 0 Å². The van der Waals surface area contributed by atoms with Gasteiger partial charge in [0.25, 0.3) is 0 Å². The second kappa shape index (κ2) is 5.85. The van der Waals surface area contributed by atoms with Gasteiger partial charge in [-0.1, -0.05) is 25.5 Å². The third kappa shape index (κ3) is 3.09. The summed E-state index contributed by atoms with van der Waals surface area (Å²) in [6.07, 6.45) is 7.18. The van der Waals surface area contributed by atoms with E-state index in [0.717, 1.165) is 30.8 Å². The molecule has 0 aliphatic heterocycles. The van der Waals surface area contributed by atoms with E-state index in [1.165, 1.54) is 19.3 Å². The Morgan fingerprint density at radius 1 is 1.24 bits per heavy atom. The van der Waals surface area contributed by atoms with Gasteiger partial charge in [0.2, 0.25) is 0 Å². The molecule has 1 aliphatic rings. The van der Waals surface area contributed by atoms with Crippen molar-refractivity contribution >= 4 is 6.29 Å². The lowest BCUT2D eigenvalue weighted by molar-refractivity contribution is 0.109. The Balaban J connectivity index is 1.95. The largest absolute Gasteiger partial charge is 0.490 e. The maximum atomic E-state index is 10.9. The third-order valence-electron chi connectivity index (χ3n) is 3.71. The Hall–Kier alpha value is -1.31. The number of rotatable bonds is 4. The number of para-hydroxylation sites is 1. The fourth-order valence-electron chi connectivity index (χ4n) is 2.52. The molecule has 2 heteroatoms. The summed E-state index contributed by atoms with van der Waals surface area (Å²) in [7, 11) is 0. The van der Waals surface area contributed by atoms with Crippen molar-refractivity contribution in [3.05, 3.63) is 29.8 Å². The van der Waals surface area contributed by atoms with Crippen molar-refractivity contribution in [3.63, 3.8) is 0 Å². The van der Waals surface area contributed by atoms with Crippen LogP contribution in [0.15, 0.2) is 24.3 Å². The molecule has 2 rings (SSSR count). The standard InChI is InChI=1S/C15H20O2/c1-2-12-7-9-14(10-8-12)17-15-6-4-3-5-13(15)11-16/h3-6,11-12,14H,2,7-10H2,1H3. The normalized spacial score (nSPS) is 24.3. The first kappa shape index (κ1) is 12.2. The van der Waals surface area contributed by atoms with E-state index in [4.69, 9.17) is 4.74 Å². The van der Waals surface area contributed by atoms with Crippen molar-refractivity contribution in [1.29, 1.82) is 0 Å². The molecule has 0 aromatic heterocycles. The van der Waals surface area contributed by atoms with Gasteiger partial charge in [0, 0.05) is 0 Å². The average molecular weight is 232 g/mol. The maximum absolute atomic E-state index is 10.9. The Labute approximate surface area is 103 Å². The minimum absolute atomic E-state index is 0.291. The molecule has 1 aliphatic carbocycles. The van der Waals surface area contributed by atoms with Gasteiger partial charge < -0.3 is 4.74 Å². The van der Waals surface area contributed by atoms with E-state index in [1.807, 2.05) is 18.2 Å². The van der Waals surface area contributed by atoms with Crippen LogP contribution in [0.4, 0.5) is 0 Å². The van der Waals surface area contributed by atoms with E-state index in [1.54, 1.807) is 6.07 Å². The summed E-state index contributed by atoms with van der Waals surface area (Å²) in [5.41, 5.74) is 0.658. The van der Waals surface area contributed by atoms with E-state index in [9.17, 15) is 4.79 Å². The zero-order valence-corrected chi connectivity index (χ0v) is 10.4. The number of carbonyl (C=O) groups excluding carboxylic acids is 1. The molecule has 0 heterocycles. The van der Waals surface area contributed by atoms with E-state index in [0.29, 0.717) is 11.7 Å². The monoisotopic (exact) mass is 232 g/mol. The highest BCUT2D eigenvalue weighted by molar-refractivity contribution is 5.79. The Morgan fingerprint density at radius 3 is 2.59 bits per heavy atom. The van der Waals surface area contributed by atoms with Crippen molar-refractivity contribution in [2.24, 2.45) is 5.92 Å². The topological polar surface area (TPSA) is 26.3 Å². The fourth-order valence-corrected chi connectivity index (χ4v) is 2.52. The molecule has 1 aromatic rings. The number of hydrogen-bond donors (Lipinski definition) is 0. The minimum atomic E-state index is 0.291. The molecule has 0 atom stereocenters. The number of hydrogen-bond acceptors (Lipinski definition) is 2. The van der Waals surface area contributed by atoms with Gasteiger partial charge in [0.1, 0.15) is 5.75 Å². The van der Waals surface area contributed by atoms with Gasteiger partial charge in [0.15, 0.2) is 6.29 Å². The molecule has 1 fully saturated rings. The first-order valence-electron chi connectivity index (χ1n) is 6.54. The van der Waals surface area contributed by atoms with Crippen molar-refractivity contribution in [1.82, 2.24) is 0 Å². The highest BCUT2D eigenvalue weighted by Gasteiger charge is 2.21. The summed E-state index contributed by atoms with van der Waals surface area (Å²) < 4.78 is 5.94. The lowest BCUT2D eigenvalue weighted by Crippen LogP contribution is -2.24. The van der Waals surface area contributed by atoms with Crippen LogP contribution in [-0.2, 0) is 0 Å².